The molecule has 0 fully saturated rings. The number of amides is 4. The second kappa shape index (κ2) is 15.0. The van der Waals surface area contributed by atoms with Gasteiger partial charge >= 0.3 is 11.9 Å². The number of rotatable bonds is 16. The quantitative estimate of drug-likeness (QED) is 0.107. The topological polar surface area (TPSA) is 251 Å². The van der Waals surface area contributed by atoms with Crippen molar-refractivity contribution in [1.82, 2.24) is 16.0 Å². The van der Waals surface area contributed by atoms with E-state index in [1.54, 1.807) is 0 Å². The fraction of sp³-hybridized carbons (Fsp3) is 0.647. The minimum Gasteiger partial charge on any atom is -0.481 e. The number of nitrogens with two attached hydrogens (primary N) is 2. The molecule has 4 unspecified atom stereocenters. The van der Waals surface area contributed by atoms with Crippen LogP contribution in [0.2, 0.25) is 0 Å². The summed E-state index contributed by atoms with van der Waals surface area (Å²) in [6.07, 6.45) is 0.485. The van der Waals surface area contributed by atoms with Crippen molar-refractivity contribution in [2.75, 3.05) is 18.6 Å². The number of carboxylic acids is 2. The van der Waals surface area contributed by atoms with E-state index in [-0.39, 0.29) is 12.8 Å². The molecule has 10 N–H and O–H groups in total. The third-order valence-electron chi connectivity index (χ3n) is 4.09. The molecule has 0 heterocycles. The Morgan fingerprint density at radius 3 is 1.88 bits per heavy atom. The van der Waals surface area contributed by atoms with Gasteiger partial charge < -0.3 is 42.7 Å². The standard InChI is InChI=1S/C17H29N5O9S/c1-32-5-4-8(18)14(27)22-11(7-23)16(29)21-10(6-13(25)26)15(28)20-9(17(30)31)2-3-12(19)24/h8-11,23H,2-7,18H2,1H3,(H2,19,24)(H,20,28)(H,21,29)(H,22,27)(H,25,26)(H,30,31). The molecule has 4 atom stereocenters. The summed E-state index contributed by atoms with van der Waals surface area (Å²) < 4.78 is 0. The van der Waals surface area contributed by atoms with Gasteiger partial charge in [0.25, 0.3) is 0 Å². The Labute approximate surface area is 187 Å². The molecule has 0 saturated carbocycles. The molecule has 0 aliphatic rings. The van der Waals surface area contributed by atoms with Gasteiger partial charge in [-0.3, -0.25) is 24.0 Å². The molecule has 0 aromatic heterocycles. The van der Waals surface area contributed by atoms with Gasteiger partial charge in [-0.05, 0) is 24.9 Å². The lowest BCUT2D eigenvalue weighted by atomic mass is 10.1. The Hall–Kier alpha value is -2.91. The van der Waals surface area contributed by atoms with Crippen molar-refractivity contribution in [2.45, 2.75) is 49.9 Å². The molecule has 0 spiro atoms. The fourth-order valence-corrected chi connectivity index (χ4v) is 2.81. The summed E-state index contributed by atoms with van der Waals surface area (Å²) in [6, 6.07) is -5.78. The van der Waals surface area contributed by atoms with Gasteiger partial charge in [0.15, 0.2) is 0 Å². The highest BCUT2D eigenvalue weighted by Gasteiger charge is 2.31. The van der Waals surface area contributed by atoms with E-state index in [9.17, 15) is 33.9 Å². The summed E-state index contributed by atoms with van der Waals surface area (Å²) in [5, 5.41) is 33.9. The molecule has 0 aromatic carbocycles. The first-order valence-electron chi connectivity index (χ1n) is 9.42. The zero-order valence-corrected chi connectivity index (χ0v) is 18.2. The maximum absolute atomic E-state index is 12.4. The van der Waals surface area contributed by atoms with Crippen LogP contribution in [0.5, 0.6) is 0 Å². The van der Waals surface area contributed by atoms with Crippen LogP contribution in [0.3, 0.4) is 0 Å². The number of nitrogens with one attached hydrogen (secondary N) is 3. The summed E-state index contributed by atoms with van der Waals surface area (Å²) >= 11 is 1.45. The number of carbonyl (C=O) groups is 6. The molecule has 0 bridgehead atoms. The van der Waals surface area contributed by atoms with E-state index in [4.69, 9.17) is 21.7 Å². The number of aliphatic hydroxyl groups is 1. The smallest absolute Gasteiger partial charge is 0.326 e. The van der Waals surface area contributed by atoms with E-state index >= 15 is 0 Å². The Bertz CT molecular complexity index is 706. The van der Waals surface area contributed by atoms with Gasteiger partial charge in [0, 0.05) is 6.42 Å². The molecule has 0 aliphatic heterocycles. The van der Waals surface area contributed by atoms with E-state index in [0.717, 1.165) is 0 Å². The Morgan fingerprint density at radius 2 is 1.41 bits per heavy atom. The number of hydrogen-bond donors (Lipinski definition) is 8. The van der Waals surface area contributed by atoms with Crippen LogP contribution < -0.4 is 27.4 Å². The first-order chi connectivity index (χ1) is 14.9. The van der Waals surface area contributed by atoms with Crippen LogP contribution in [0, 0.1) is 0 Å². The average Bonchev–Trinajstić information content (AvgIpc) is 2.71. The monoisotopic (exact) mass is 479 g/mol. The molecule has 0 radical (unpaired) electrons. The molecule has 0 aromatic rings. The summed E-state index contributed by atoms with van der Waals surface area (Å²) in [5.74, 6) is -6.19. The third kappa shape index (κ3) is 11.5. The number of hydrogen-bond acceptors (Lipinski definition) is 9. The predicted octanol–water partition coefficient (Wildman–Crippen LogP) is -3.66. The van der Waals surface area contributed by atoms with Crippen molar-refractivity contribution in [3.63, 3.8) is 0 Å². The zero-order valence-electron chi connectivity index (χ0n) is 17.4. The average molecular weight is 480 g/mol. The van der Waals surface area contributed by atoms with Gasteiger partial charge in [0.05, 0.1) is 19.1 Å². The van der Waals surface area contributed by atoms with Crippen molar-refractivity contribution in [1.29, 1.82) is 0 Å². The molecule has 32 heavy (non-hydrogen) atoms. The van der Waals surface area contributed by atoms with Crippen LogP contribution in [-0.4, -0.2) is 93.7 Å². The Balaban J connectivity index is 5.24. The number of carboxylic acid groups (broad SMARTS) is 2. The van der Waals surface area contributed by atoms with Crippen molar-refractivity contribution < 1.29 is 44.1 Å². The highest BCUT2D eigenvalue weighted by Crippen LogP contribution is 2.02. The second-order valence-corrected chi connectivity index (χ2v) is 7.68. The lowest BCUT2D eigenvalue weighted by Crippen LogP contribution is -2.58. The van der Waals surface area contributed by atoms with Crippen LogP contribution in [0.15, 0.2) is 0 Å². The first-order valence-corrected chi connectivity index (χ1v) is 10.8. The molecule has 182 valence electrons. The van der Waals surface area contributed by atoms with E-state index in [1.165, 1.54) is 11.8 Å². The van der Waals surface area contributed by atoms with Crippen LogP contribution in [0.25, 0.3) is 0 Å². The molecule has 0 rings (SSSR count). The van der Waals surface area contributed by atoms with Crippen molar-refractivity contribution >= 4 is 47.3 Å². The minimum atomic E-state index is -1.73. The van der Waals surface area contributed by atoms with E-state index in [2.05, 4.69) is 10.6 Å². The number of primary amides is 1. The Kier molecular flexibility index (Phi) is 13.6. The summed E-state index contributed by atoms with van der Waals surface area (Å²) in [6.45, 7) is -0.870. The highest BCUT2D eigenvalue weighted by molar-refractivity contribution is 7.98. The van der Waals surface area contributed by atoms with E-state index in [1.807, 2.05) is 11.6 Å². The summed E-state index contributed by atoms with van der Waals surface area (Å²) in [7, 11) is 0. The predicted molar refractivity (Wildman–Crippen MR) is 112 cm³/mol. The van der Waals surface area contributed by atoms with E-state index < -0.39 is 72.8 Å². The van der Waals surface area contributed by atoms with Gasteiger partial charge in [-0.15, -0.1) is 0 Å². The molecular formula is C17H29N5O9S. The van der Waals surface area contributed by atoms with Gasteiger partial charge in [-0.25, -0.2) is 4.79 Å². The SMILES string of the molecule is CSCCC(N)C(=O)NC(CO)C(=O)NC(CC(=O)O)C(=O)NC(CCC(N)=O)C(=O)O. The highest BCUT2D eigenvalue weighted by atomic mass is 32.2. The molecule has 0 saturated heterocycles. The third-order valence-corrected chi connectivity index (χ3v) is 4.73. The van der Waals surface area contributed by atoms with Gasteiger partial charge in [-0.1, -0.05) is 0 Å². The minimum absolute atomic E-state index is 0.304. The van der Waals surface area contributed by atoms with Crippen LogP contribution >= 0.6 is 11.8 Å². The fourth-order valence-electron chi connectivity index (χ4n) is 2.32. The maximum Gasteiger partial charge on any atom is 0.326 e. The lowest BCUT2D eigenvalue weighted by molar-refractivity contribution is -0.144. The van der Waals surface area contributed by atoms with Crippen LogP contribution in [-0.2, 0) is 28.8 Å². The summed E-state index contributed by atoms with van der Waals surface area (Å²) in [5.41, 5.74) is 10.6. The molecule has 14 nitrogen and oxygen atoms in total. The van der Waals surface area contributed by atoms with Crippen molar-refractivity contribution in [3.8, 4) is 0 Å². The first kappa shape index (κ1) is 29.1. The number of aliphatic hydroxyl groups excluding tert-OH is 1. The van der Waals surface area contributed by atoms with E-state index in [0.29, 0.717) is 12.2 Å². The van der Waals surface area contributed by atoms with Crippen LogP contribution in [0.4, 0.5) is 0 Å². The zero-order chi connectivity index (χ0) is 24.8. The van der Waals surface area contributed by atoms with Gasteiger partial charge in [-0.2, -0.15) is 11.8 Å². The maximum atomic E-state index is 12.4. The van der Waals surface area contributed by atoms with Crippen molar-refractivity contribution in [2.24, 2.45) is 11.5 Å². The Morgan fingerprint density at radius 1 is 0.875 bits per heavy atom. The molecule has 15 heteroatoms. The van der Waals surface area contributed by atoms with Crippen molar-refractivity contribution in [3.05, 3.63) is 0 Å². The van der Waals surface area contributed by atoms with Crippen LogP contribution in [0.1, 0.15) is 25.7 Å². The summed E-state index contributed by atoms with van der Waals surface area (Å²) in [4.78, 5) is 70.1. The van der Waals surface area contributed by atoms with Gasteiger partial charge in [0.1, 0.15) is 18.1 Å². The lowest BCUT2D eigenvalue weighted by Gasteiger charge is -2.23. The number of thioether (sulfide) groups is 1. The largest absolute Gasteiger partial charge is 0.481 e. The molecule has 0 aliphatic carbocycles. The van der Waals surface area contributed by atoms with Gasteiger partial charge in [0.2, 0.25) is 23.6 Å². The second-order valence-electron chi connectivity index (χ2n) is 6.70. The number of aliphatic carboxylic acids is 2. The molecular weight excluding hydrogens is 450 g/mol. The number of carbonyl (C=O) groups excluding carboxylic acids is 4. The molecule has 4 amide bonds. The normalized spacial score (nSPS) is 14.3.